The number of likely N-dealkylation sites (tertiary alicyclic amines) is 1. The molecule has 1 fully saturated rings. The van der Waals surface area contributed by atoms with Crippen molar-refractivity contribution < 1.29 is 9.47 Å². The molecule has 5 heteroatoms. The smallest absolute Gasteiger partial charge is 0.179 e. The second kappa shape index (κ2) is 7.87. The number of hydrogen-bond acceptors (Lipinski definition) is 4. The molecule has 2 rings (SSSR count). The predicted octanol–water partition coefficient (Wildman–Crippen LogP) is 2.79. The lowest BCUT2D eigenvalue weighted by atomic mass is 9.97. The number of hydrogen-bond donors (Lipinski definition) is 1. The van der Waals surface area contributed by atoms with Crippen LogP contribution in [0.1, 0.15) is 18.4 Å². The fraction of sp³-hybridized carbons (Fsp3) is 0.625. The van der Waals surface area contributed by atoms with Crippen LogP contribution in [0, 0.1) is 5.92 Å². The number of halogens is 1. The van der Waals surface area contributed by atoms with Gasteiger partial charge in [-0.05, 0) is 57.1 Å². The first-order chi connectivity index (χ1) is 10.2. The van der Waals surface area contributed by atoms with Crippen molar-refractivity contribution in [3.63, 3.8) is 0 Å². The number of ether oxygens (including phenoxy) is 2. The van der Waals surface area contributed by atoms with Gasteiger partial charge in [0.1, 0.15) is 0 Å². The highest BCUT2D eigenvalue weighted by molar-refractivity contribution is 6.33. The number of methoxy groups -OCH3 is 2. The molecule has 0 aliphatic carbocycles. The number of nitrogens with one attached hydrogen (secondary N) is 1. The van der Waals surface area contributed by atoms with E-state index in [0.717, 1.165) is 24.6 Å². The van der Waals surface area contributed by atoms with Gasteiger partial charge in [-0.15, -0.1) is 0 Å². The topological polar surface area (TPSA) is 33.7 Å². The van der Waals surface area contributed by atoms with Crippen LogP contribution in [0.15, 0.2) is 12.1 Å². The summed E-state index contributed by atoms with van der Waals surface area (Å²) in [5.41, 5.74) is 1.04. The van der Waals surface area contributed by atoms with Gasteiger partial charge in [0, 0.05) is 6.54 Å². The average Bonchev–Trinajstić information content (AvgIpc) is 2.50. The molecule has 0 bridgehead atoms. The van der Waals surface area contributed by atoms with Gasteiger partial charge in [0.05, 0.1) is 19.2 Å². The van der Waals surface area contributed by atoms with E-state index in [-0.39, 0.29) is 0 Å². The number of piperidine rings is 1. The third-order valence-corrected chi connectivity index (χ3v) is 4.57. The molecule has 1 aliphatic heterocycles. The van der Waals surface area contributed by atoms with Crippen LogP contribution in [-0.4, -0.2) is 45.8 Å². The minimum atomic E-state index is 0.609. The Hall–Kier alpha value is -0.970. The van der Waals surface area contributed by atoms with Gasteiger partial charge < -0.3 is 19.7 Å². The van der Waals surface area contributed by atoms with Crippen molar-refractivity contribution in [2.75, 3.05) is 40.9 Å². The Morgan fingerprint density at radius 1 is 1.24 bits per heavy atom. The highest BCUT2D eigenvalue weighted by Crippen LogP contribution is 2.37. The predicted molar refractivity (Wildman–Crippen MR) is 86.5 cm³/mol. The minimum Gasteiger partial charge on any atom is -0.493 e. The van der Waals surface area contributed by atoms with Crippen molar-refractivity contribution >= 4 is 11.6 Å². The largest absolute Gasteiger partial charge is 0.493 e. The lowest BCUT2D eigenvalue weighted by Gasteiger charge is -2.29. The molecule has 0 spiro atoms. The molecule has 1 saturated heterocycles. The molecule has 21 heavy (non-hydrogen) atoms. The highest BCUT2D eigenvalue weighted by Gasteiger charge is 2.17. The average molecular weight is 313 g/mol. The van der Waals surface area contributed by atoms with Gasteiger partial charge >= 0.3 is 0 Å². The minimum absolute atomic E-state index is 0.609. The molecule has 0 amide bonds. The lowest BCUT2D eigenvalue weighted by Crippen LogP contribution is -2.34. The van der Waals surface area contributed by atoms with Gasteiger partial charge in [0.2, 0.25) is 0 Å². The third kappa shape index (κ3) is 4.25. The SMILES string of the molecule is COc1ccc(CNCC2CCN(C)CC2)c(Cl)c1OC. The van der Waals surface area contributed by atoms with E-state index >= 15 is 0 Å². The van der Waals surface area contributed by atoms with E-state index in [1.807, 2.05) is 12.1 Å². The van der Waals surface area contributed by atoms with Gasteiger partial charge in [0.15, 0.2) is 11.5 Å². The van der Waals surface area contributed by atoms with Crippen LogP contribution in [0.25, 0.3) is 0 Å². The Kier molecular flexibility index (Phi) is 6.15. The van der Waals surface area contributed by atoms with Crippen molar-refractivity contribution in [3.05, 3.63) is 22.7 Å². The number of rotatable bonds is 6. The molecule has 0 radical (unpaired) electrons. The summed E-state index contributed by atoms with van der Waals surface area (Å²) in [6.45, 7) is 4.19. The quantitative estimate of drug-likeness (QED) is 0.876. The van der Waals surface area contributed by atoms with E-state index in [1.54, 1.807) is 14.2 Å². The van der Waals surface area contributed by atoms with E-state index in [0.29, 0.717) is 16.5 Å². The lowest BCUT2D eigenvalue weighted by molar-refractivity contribution is 0.216. The van der Waals surface area contributed by atoms with E-state index in [9.17, 15) is 0 Å². The van der Waals surface area contributed by atoms with Gasteiger partial charge in [-0.25, -0.2) is 0 Å². The van der Waals surface area contributed by atoms with Crippen molar-refractivity contribution in [3.8, 4) is 11.5 Å². The Bertz CT molecular complexity index is 460. The normalized spacial score (nSPS) is 17.0. The summed E-state index contributed by atoms with van der Waals surface area (Å²) in [7, 11) is 5.42. The van der Waals surface area contributed by atoms with Crippen LogP contribution < -0.4 is 14.8 Å². The zero-order valence-electron chi connectivity index (χ0n) is 13.1. The summed E-state index contributed by atoms with van der Waals surface area (Å²) in [5.74, 6) is 2.04. The molecule has 1 aromatic carbocycles. The van der Waals surface area contributed by atoms with E-state index in [2.05, 4.69) is 17.3 Å². The highest BCUT2D eigenvalue weighted by atomic mass is 35.5. The first kappa shape index (κ1) is 16.4. The summed E-state index contributed by atoms with van der Waals surface area (Å²) in [6.07, 6.45) is 2.53. The van der Waals surface area contributed by atoms with Gasteiger partial charge in [-0.2, -0.15) is 0 Å². The zero-order chi connectivity index (χ0) is 15.2. The van der Waals surface area contributed by atoms with Gasteiger partial charge in [-0.1, -0.05) is 17.7 Å². The molecule has 4 nitrogen and oxygen atoms in total. The molecule has 1 heterocycles. The Morgan fingerprint density at radius 3 is 2.57 bits per heavy atom. The molecular formula is C16H25ClN2O2. The Labute approximate surface area is 132 Å². The molecule has 1 aromatic rings. The van der Waals surface area contributed by atoms with Crippen molar-refractivity contribution in [1.82, 2.24) is 10.2 Å². The van der Waals surface area contributed by atoms with Crippen LogP contribution >= 0.6 is 11.6 Å². The van der Waals surface area contributed by atoms with Crippen molar-refractivity contribution in [1.29, 1.82) is 0 Å². The zero-order valence-corrected chi connectivity index (χ0v) is 13.9. The van der Waals surface area contributed by atoms with E-state index in [1.165, 1.54) is 25.9 Å². The van der Waals surface area contributed by atoms with Crippen molar-refractivity contribution in [2.45, 2.75) is 19.4 Å². The van der Waals surface area contributed by atoms with Gasteiger partial charge in [-0.3, -0.25) is 0 Å². The summed E-state index contributed by atoms with van der Waals surface area (Å²) in [4.78, 5) is 2.39. The fourth-order valence-corrected chi connectivity index (χ4v) is 3.04. The molecule has 0 saturated carbocycles. The van der Waals surface area contributed by atoms with Crippen molar-refractivity contribution in [2.24, 2.45) is 5.92 Å². The molecule has 0 aromatic heterocycles. The summed E-state index contributed by atoms with van der Waals surface area (Å²) < 4.78 is 10.6. The molecule has 118 valence electrons. The molecule has 1 aliphatic rings. The van der Waals surface area contributed by atoms with Crippen LogP contribution in [0.3, 0.4) is 0 Å². The molecular weight excluding hydrogens is 288 g/mol. The first-order valence-corrected chi connectivity index (χ1v) is 7.82. The molecule has 0 unspecified atom stereocenters. The second-order valence-electron chi connectivity index (χ2n) is 5.65. The maximum atomic E-state index is 6.38. The van der Waals surface area contributed by atoms with E-state index in [4.69, 9.17) is 21.1 Å². The van der Waals surface area contributed by atoms with Crippen LogP contribution in [0.4, 0.5) is 0 Å². The standard InChI is InChI=1S/C16H25ClN2O2/c1-19-8-6-12(7-9-19)10-18-11-13-4-5-14(20-2)16(21-3)15(13)17/h4-5,12,18H,6-11H2,1-3H3. The van der Waals surface area contributed by atoms with Crippen LogP contribution in [0.5, 0.6) is 11.5 Å². The first-order valence-electron chi connectivity index (χ1n) is 7.44. The Morgan fingerprint density at radius 2 is 1.95 bits per heavy atom. The second-order valence-corrected chi connectivity index (χ2v) is 6.03. The van der Waals surface area contributed by atoms with E-state index < -0.39 is 0 Å². The monoisotopic (exact) mass is 312 g/mol. The maximum Gasteiger partial charge on any atom is 0.179 e. The third-order valence-electron chi connectivity index (χ3n) is 4.15. The van der Waals surface area contributed by atoms with Gasteiger partial charge in [0.25, 0.3) is 0 Å². The van der Waals surface area contributed by atoms with Crippen LogP contribution in [-0.2, 0) is 6.54 Å². The Balaban J connectivity index is 1.88. The maximum absolute atomic E-state index is 6.38. The summed E-state index contributed by atoms with van der Waals surface area (Å²) >= 11 is 6.38. The summed E-state index contributed by atoms with van der Waals surface area (Å²) in [6, 6.07) is 3.89. The number of nitrogens with zero attached hydrogens (tertiary/aromatic N) is 1. The van der Waals surface area contributed by atoms with Crippen LogP contribution in [0.2, 0.25) is 5.02 Å². The number of benzene rings is 1. The summed E-state index contributed by atoms with van der Waals surface area (Å²) in [5, 5.41) is 4.15. The fourth-order valence-electron chi connectivity index (χ4n) is 2.74. The molecule has 0 atom stereocenters. The molecule has 1 N–H and O–H groups in total.